The Bertz CT molecular complexity index is 2440. The van der Waals surface area contributed by atoms with Gasteiger partial charge in [-0.1, -0.05) is 56.3 Å². The molecule has 0 bridgehead atoms. The van der Waals surface area contributed by atoms with Crippen molar-refractivity contribution in [3.8, 4) is 5.75 Å². The molecule has 5 rings (SSSR count). The number of nitro benzene ring substituents is 1. The van der Waals surface area contributed by atoms with Crippen molar-refractivity contribution in [1.29, 1.82) is 0 Å². The van der Waals surface area contributed by atoms with Gasteiger partial charge in [-0.05, 0) is 89.7 Å². The normalized spacial score (nSPS) is 13.8. The van der Waals surface area contributed by atoms with Crippen molar-refractivity contribution in [2.45, 2.75) is 56.0 Å². The van der Waals surface area contributed by atoms with Crippen molar-refractivity contribution in [3.05, 3.63) is 170 Å². The zero-order valence-electron chi connectivity index (χ0n) is 31.3. The van der Waals surface area contributed by atoms with Gasteiger partial charge in [0.05, 0.1) is 32.5 Å². The first-order valence-electron chi connectivity index (χ1n) is 17.6. The Morgan fingerprint density at radius 3 is 2.03 bits per heavy atom. The molecular formula is C41H35F8N3O6S. The van der Waals surface area contributed by atoms with E-state index in [-0.39, 0.29) is 27.8 Å². The van der Waals surface area contributed by atoms with Crippen molar-refractivity contribution in [3.63, 3.8) is 0 Å². The quantitative estimate of drug-likeness (QED) is 0.0651. The molecule has 0 saturated carbocycles. The van der Waals surface area contributed by atoms with Gasteiger partial charge in [-0.2, -0.15) is 26.3 Å². The van der Waals surface area contributed by atoms with Crippen LogP contribution in [0.1, 0.15) is 57.6 Å². The summed E-state index contributed by atoms with van der Waals surface area (Å²) in [5, 5.41) is 13.6. The maximum absolute atomic E-state index is 15.6. The van der Waals surface area contributed by atoms with E-state index in [1.165, 1.54) is 19.1 Å². The van der Waals surface area contributed by atoms with E-state index in [0.29, 0.717) is 23.8 Å². The Hall–Kier alpha value is -5.88. The molecule has 2 N–H and O–H groups in total. The largest absolute Gasteiger partial charge is 0.489 e. The fraction of sp³-hybridized carbons (Fsp3) is 0.244. The zero-order chi connectivity index (χ0) is 43.5. The molecule has 18 heteroatoms. The first kappa shape index (κ1) is 44.2. The van der Waals surface area contributed by atoms with Gasteiger partial charge in [0.25, 0.3) is 11.6 Å². The lowest BCUT2D eigenvalue weighted by Gasteiger charge is -2.37. The van der Waals surface area contributed by atoms with Gasteiger partial charge in [0.2, 0.25) is 10.0 Å². The van der Waals surface area contributed by atoms with Crippen molar-refractivity contribution < 1.29 is 58.0 Å². The van der Waals surface area contributed by atoms with E-state index in [2.05, 4.69) is 10.0 Å². The van der Waals surface area contributed by atoms with Crippen molar-refractivity contribution >= 4 is 21.6 Å². The van der Waals surface area contributed by atoms with E-state index in [1.807, 2.05) is 0 Å². The Morgan fingerprint density at radius 1 is 0.797 bits per heavy atom. The number of sulfonamides is 1. The highest BCUT2D eigenvalue weighted by Gasteiger charge is 2.41. The number of halogens is 8. The predicted molar refractivity (Wildman–Crippen MR) is 200 cm³/mol. The number of aryl methyl sites for hydroxylation is 1. The van der Waals surface area contributed by atoms with Gasteiger partial charge in [0.1, 0.15) is 12.4 Å². The minimum atomic E-state index is -5.11. The minimum Gasteiger partial charge on any atom is -0.489 e. The number of hydrogen-bond donors (Lipinski definition) is 2. The summed E-state index contributed by atoms with van der Waals surface area (Å²) in [6, 6.07) is 17.8. The van der Waals surface area contributed by atoms with E-state index in [1.54, 1.807) is 32.0 Å². The molecule has 0 aliphatic carbocycles. The number of amides is 1. The lowest BCUT2D eigenvalue weighted by atomic mass is 9.77. The van der Waals surface area contributed by atoms with Crippen LogP contribution in [0.25, 0.3) is 0 Å². The number of nitrogens with one attached hydrogen (secondary N) is 2. The molecular weight excluding hydrogens is 815 g/mol. The Balaban J connectivity index is 1.64. The zero-order valence-corrected chi connectivity index (χ0v) is 32.1. The Labute approximate surface area is 333 Å². The first-order chi connectivity index (χ1) is 27.5. The number of rotatable bonds is 14. The number of alkyl halides is 6. The van der Waals surface area contributed by atoms with Crippen LogP contribution >= 0.6 is 0 Å². The van der Waals surface area contributed by atoms with E-state index in [4.69, 9.17) is 4.74 Å². The molecule has 0 fully saturated rings. The first-order valence-corrected chi connectivity index (χ1v) is 19.1. The van der Waals surface area contributed by atoms with E-state index < -0.39 is 103 Å². The maximum atomic E-state index is 15.6. The van der Waals surface area contributed by atoms with Crippen molar-refractivity contribution in [1.82, 2.24) is 10.0 Å². The number of carbonyl (C=O) groups is 1. The third-order valence-electron chi connectivity index (χ3n) is 9.47. The van der Waals surface area contributed by atoms with Crippen molar-refractivity contribution in [2.24, 2.45) is 5.92 Å². The minimum absolute atomic E-state index is 0.194. The molecule has 0 heterocycles. The van der Waals surface area contributed by atoms with Gasteiger partial charge in [-0.25, -0.2) is 21.9 Å². The van der Waals surface area contributed by atoms with E-state index in [0.717, 1.165) is 54.6 Å². The standard InChI is InChI=1S/C41H35F8N3O6S/c1-24(2)36(51-59(56,57)33-14-12-32(13-15-33)52(54)55)23-58-37-21-28(11-16-35(37)43)39(22-26-7-5-4-6-8-26,29-18-30(40(44,45)46)20-31(42)19-29)50-38(53)27-10-9-25(3)34(17-27)41(47,48)49/h4-21,24,36,51H,22-23H2,1-3H3,(H,50,53)/t36?,39-/m1/s1. The number of carbonyl (C=O) groups excluding carboxylic acids is 1. The molecule has 5 aromatic carbocycles. The molecule has 2 atom stereocenters. The lowest BCUT2D eigenvalue weighted by Crippen LogP contribution is -2.49. The second-order valence-electron chi connectivity index (χ2n) is 14.0. The van der Waals surface area contributed by atoms with Crippen molar-refractivity contribution in [2.75, 3.05) is 6.61 Å². The van der Waals surface area contributed by atoms with Gasteiger partial charge in [0.15, 0.2) is 11.6 Å². The fourth-order valence-corrected chi connectivity index (χ4v) is 7.60. The smallest absolute Gasteiger partial charge is 0.416 e. The summed E-state index contributed by atoms with van der Waals surface area (Å²) in [7, 11) is -4.33. The van der Waals surface area contributed by atoms with Crippen LogP contribution in [0.2, 0.25) is 0 Å². The molecule has 1 unspecified atom stereocenters. The Kier molecular flexibility index (Phi) is 12.9. The third-order valence-corrected chi connectivity index (χ3v) is 11.0. The average molecular weight is 850 g/mol. The molecule has 0 radical (unpaired) electrons. The second-order valence-corrected chi connectivity index (χ2v) is 15.7. The van der Waals surface area contributed by atoms with Crippen LogP contribution in [0.15, 0.2) is 114 Å². The number of non-ortho nitro benzene ring substituents is 1. The van der Waals surface area contributed by atoms with Crippen LogP contribution in [0, 0.1) is 34.6 Å². The van der Waals surface area contributed by atoms with E-state index in [9.17, 15) is 49.7 Å². The second kappa shape index (κ2) is 17.1. The summed E-state index contributed by atoms with van der Waals surface area (Å²) in [5.41, 5.74) is -6.40. The molecule has 1 amide bonds. The van der Waals surface area contributed by atoms with Crippen LogP contribution in [-0.2, 0) is 34.3 Å². The lowest BCUT2D eigenvalue weighted by molar-refractivity contribution is -0.384. The highest BCUT2D eigenvalue weighted by Crippen LogP contribution is 2.40. The Morgan fingerprint density at radius 2 is 1.44 bits per heavy atom. The summed E-state index contributed by atoms with van der Waals surface area (Å²) in [6.45, 7) is 3.83. The van der Waals surface area contributed by atoms with E-state index >= 15 is 8.78 Å². The molecule has 5 aromatic rings. The maximum Gasteiger partial charge on any atom is 0.416 e. The molecule has 0 spiro atoms. The van der Waals surface area contributed by atoms with Crippen LogP contribution in [0.4, 0.5) is 40.8 Å². The van der Waals surface area contributed by atoms with Crippen LogP contribution in [0.3, 0.4) is 0 Å². The van der Waals surface area contributed by atoms with Crippen LogP contribution in [-0.4, -0.2) is 31.9 Å². The number of ether oxygens (including phenoxy) is 1. The SMILES string of the molecule is Cc1ccc(C(=O)N[C@@](Cc2ccccc2)(c2cc(F)cc(C(F)(F)F)c2)c2ccc(F)c(OCC(NS(=O)(=O)c3ccc([N+](=O)[O-])cc3)C(C)C)c2)cc1C(F)(F)F. The monoisotopic (exact) mass is 849 g/mol. The van der Waals surface area contributed by atoms with Gasteiger partial charge >= 0.3 is 12.4 Å². The molecule has 59 heavy (non-hydrogen) atoms. The number of nitrogens with zero attached hydrogens (tertiary/aromatic N) is 1. The highest BCUT2D eigenvalue weighted by molar-refractivity contribution is 7.89. The third kappa shape index (κ3) is 10.4. The molecule has 0 saturated heterocycles. The summed E-state index contributed by atoms with van der Waals surface area (Å²) in [6.07, 6.45) is -10.4. The number of benzene rings is 5. The topological polar surface area (TPSA) is 128 Å². The molecule has 0 aromatic heterocycles. The van der Waals surface area contributed by atoms with Gasteiger partial charge in [0, 0.05) is 24.1 Å². The molecule has 0 aliphatic heterocycles. The van der Waals surface area contributed by atoms with Gasteiger partial charge < -0.3 is 10.1 Å². The molecule has 9 nitrogen and oxygen atoms in total. The molecule has 312 valence electrons. The van der Waals surface area contributed by atoms with Gasteiger partial charge in [-0.15, -0.1) is 0 Å². The summed E-state index contributed by atoms with van der Waals surface area (Å²) in [5.74, 6) is -4.74. The van der Waals surface area contributed by atoms with Crippen LogP contribution < -0.4 is 14.8 Å². The summed E-state index contributed by atoms with van der Waals surface area (Å²) < 4.78 is 150. The predicted octanol–water partition coefficient (Wildman–Crippen LogP) is 9.52. The number of nitro groups is 1. The fourth-order valence-electron chi connectivity index (χ4n) is 6.23. The summed E-state index contributed by atoms with van der Waals surface area (Å²) >= 11 is 0. The van der Waals surface area contributed by atoms with Crippen LogP contribution in [0.5, 0.6) is 5.75 Å². The summed E-state index contributed by atoms with van der Waals surface area (Å²) in [4.78, 5) is 24.1. The van der Waals surface area contributed by atoms with Gasteiger partial charge in [-0.3, -0.25) is 14.9 Å². The highest BCUT2D eigenvalue weighted by atomic mass is 32.2. The number of hydrogen-bond acceptors (Lipinski definition) is 6. The average Bonchev–Trinajstić information content (AvgIpc) is 3.16. The molecule has 0 aliphatic rings.